The first kappa shape index (κ1) is 14.8. The van der Waals surface area contributed by atoms with Crippen LogP contribution in [0.3, 0.4) is 0 Å². The van der Waals surface area contributed by atoms with Crippen LogP contribution in [-0.2, 0) is 0 Å². The van der Waals surface area contributed by atoms with Gasteiger partial charge in [-0.1, -0.05) is 26.8 Å². The lowest BCUT2D eigenvalue weighted by atomic mass is 9.95. The Hall–Kier alpha value is -1.64. The van der Waals surface area contributed by atoms with Crippen LogP contribution in [-0.4, -0.2) is 11.5 Å². The van der Waals surface area contributed by atoms with E-state index in [0.717, 1.165) is 41.0 Å². The third-order valence-electron chi connectivity index (χ3n) is 3.65. The molecule has 3 heteroatoms. The number of rotatable bonds is 4. The van der Waals surface area contributed by atoms with Gasteiger partial charge in [-0.15, -0.1) is 0 Å². The minimum absolute atomic E-state index is 0.196. The molecule has 0 radical (unpaired) electrons. The molecule has 0 fully saturated rings. The van der Waals surface area contributed by atoms with Gasteiger partial charge in [0.05, 0.1) is 16.6 Å². The topological polar surface area (TPSA) is 24.9 Å². The molecule has 0 saturated heterocycles. The lowest BCUT2D eigenvalue weighted by molar-refractivity contribution is 0.639. The van der Waals surface area contributed by atoms with Crippen LogP contribution in [0.25, 0.3) is 10.9 Å². The number of hydrogen-bond acceptors (Lipinski definition) is 2. The molecule has 1 aromatic carbocycles. The molecule has 0 amide bonds. The van der Waals surface area contributed by atoms with Crippen LogP contribution in [0.15, 0.2) is 12.1 Å². The highest BCUT2D eigenvalue weighted by Gasteiger charge is 2.18. The standard InChI is InChI=1S/C17H23FN2/c1-6-9-19-17-14(10(2)3)12(5)20-16-11(4)7-8-13(18)15(16)17/h7-8,10H,6,9H2,1-5H3,(H,19,20). The molecule has 0 atom stereocenters. The first-order valence-corrected chi connectivity index (χ1v) is 7.30. The molecule has 2 nitrogen and oxygen atoms in total. The number of aromatic nitrogens is 1. The summed E-state index contributed by atoms with van der Waals surface area (Å²) in [6.07, 6.45) is 1.01. The van der Waals surface area contributed by atoms with Gasteiger partial charge >= 0.3 is 0 Å². The molecule has 2 aromatic rings. The molecule has 1 heterocycles. The monoisotopic (exact) mass is 274 g/mol. The Balaban J connectivity index is 2.84. The van der Waals surface area contributed by atoms with Crippen molar-refractivity contribution in [1.29, 1.82) is 0 Å². The van der Waals surface area contributed by atoms with Gasteiger partial charge in [0.2, 0.25) is 0 Å². The van der Waals surface area contributed by atoms with Crippen LogP contribution in [0.2, 0.25) is 0 Å². The Labute approximate surface area is 120 Å². The Morgan fingerprint density at radius 1 is 1.25 bits per heavy atom. The summed E-state index contributed by atoms with van der Waals surface area (Å²) in [6, 6.07) is 3.33. The third kappa shape index (κ3) is 2.49. The number of nitrogens with one attached hydrogen (secondary N) is 1. The number of aryl methyl sites for hydroxylation is 2. The number of fused-ring (bicyclic) bond motifs is 1. The van der Waals surface area contributed by atoms with E-state index in [4.69, 9.17) is 0 Å². The zero-order chi connectivity index (χ0) is 14.9. The second kappa shape index (κ2) is 5.78. The lowest BCUT2D eigenvalue weighted by Gasteiger charge is -2.20. The van der Waals surface area contributed by atoms with Gasteiger partial charge in [-0.25, -0.2) is 4.39 Å². The van der Waals surface area contributed by atoms with Crippen molar-refractivity contribution in [1.82, 2.24) is 4.98 Å². The van der Waals surface area contributed by atoms with Gasteiger partial charge in [-0.2, -0.15) is 0 Å². The second-order valence-electron chi connectivity index (χ2n) is 5.66. The molecule has 0 aliphatic heterocycles. The number of anilines is 1. The normalized spacial score (nSPS) is 11.3. The summed E-state index contributed by atoms with van der Waals surface area (Å²) in [5.74, 6) is 0.116. The number of benzene rings is 1. The van der Waals surface area contributed by atoms with Crippen molar-refractivity contribution in [2.24, 2.45) is 0 Å². The fourth-order valence-electron chi connectivity index (χ4n) is 2.74. The molecule has 0 saturated carbocycles. The van der Waals surface area contributed by atoms with E-state index in [9.17, 15) is 4.39 Å². The highest BCUT2D eigenvalue weighted by atomic mass is 19.1. The Kier molecular flexibility index (Phi) is 4.26. The molecule has 2 rings (SSSR count). The molecule has 0 aliphatic carbocycles. The Bertz CT molecular complexity index is 633. The fraction of sp³-hybridized carbons (Fsp3) is 0.471. The van der Waals surface area contributed by atoms with Crippen LogP contribution in [0.5, 0.6) is 0 Å². The average Bonchev–Trinajstić information content (AvgIpc) is 2.39. The van der Waals surface area contributed by atoms with E-state index in [1.165, 1.54) is 6.07 Å². The maximum absolute atomic E-state index is 14.3. The quantitative estimate of drug-likeness (QED) is 0.854. The van der Waals surface area contributed by atoms with Crippen LogP contribution >= 0.6 is 0 Å². The first-order valence-electron chi connectivity index (χ1n) is 7.30. The van der Waals surface area contributed by atoms with Gasteiger partial charge in [0.25, 0.3) is 0 Å². The molecule has 0 unspecified atom stereocenters. The van der Waals surface area contributed by atoms with Crippen molar-refractivity contribution in [3.8, 4) is 0 Å². The van der Waals surface area contributed by atoms with Gasteiger partial charge in [0.1, 0.15) is 5.82 Å². The predicted octanol–water partition coefficient (Wildman–Crippen LogP) is 4.94. The summed E-state index contributed by atoms with van der Waals surface area (Å²) in [5, 5.41) is 4.05. The minimum Gasteiger partial charge on any atom is -0.384 e. The van der Waals surface area contributed by atoms with Crippen LogP contribution < -0.4 is 5.32 Å². The van der Waals surface area contributed by atoms with Crippen LogP contribution in [0.1, 0.15) is 49.9 Å². The van der Waals surface area contributed by atoms with Crippen molar-refractivity contribution in [2.45, 2.75) is 47.0 Å². The summed E-state index contributed by atoms with van der Waals surface area (Å²) in [5.41, 5.74) is 4.81. The molecule has 0 spiro atoms. The van der Waals surface area contributed by atoms with Crippen LogP contribution in [0.4, 0.5) is 10.1 Å². The van der Waals surface area contributed by atoms with E-state index < -0.39 is 0 Å². The summed E-state index contributed by atoms with van der Waals surface area (Å²) < 4.78 is 14.3. The van der Waals surface area contributed by atoms with E-state index in [0.29, 0.717) is 11.3 Å². The molecule has 1 N–H and O–H groups in total. The maximum Gasteiger partial charge on any atom is 0.134 e. The summed E-state index contributed by atoms with van der Waals surface area (Å²) in [4.78, 5) is 4.65. The van der Waals surface area contributed by atoms with E-state index in [1.807, 2.05) is 13.8 Å². The zero-order valence-corrected chi connectivity index (χ0v) is 13.0. The fourth-order valence-corrected chi connectivity index (χ4v) is 2.74. The summed E-state index contributed by atoms with van der Waals surface area (Å²) >= 11 is 0. The second-order valence-corrected chi connectivity index (χ2v) is 5.66. The van der Waals surface area contributed by atoms with Gasteiger partial charge in [-0.3, -0.25) is 4.98 Å². The van der Waals surface area contributed by atoms with E-state index in [1.54, 1.807) is 6.07 Å². The number of pyridine rings is 1. The molecule has 20 heavy (non-hydrogen) atoms. The molecular formula is C17H23FN2. The molecule has 0 bridgehead atoms. The van der Waals surface area contributed by atoms with Gasteiger partial charge < -0.3 is 5.32 Å². The molecular weight excluding hydrogens is 251 g/mol. The van der Waals surface area contributed by atoms with Crippen molar-refractivity contribution in [3.63, 3.8) is 0 Å². The number of hydrogen-bond donors (Lipinski definition) is 1. The van der Waals surface area contributed by atoms with Crippen molar-refractivity contribution in [2.75, 3.05) is 11.9 Å². The average molecular weight is 274 g/mol. The summed E-state index contributed by atoms with van der Waals surface area (Å²) in [6.45, 7) is 11.2. The molecule has 108 valence electrons. The van der Waals surface area contributed by atoms with Gasteiger partial charge in [0, 0.05) is 12.2 Å². The van der Waals surface area contributed by atoms with Gasteiger partial charge in [-0.05, 0) is 43.4 Å². The number of halogens is 1. The first-order chi connectivity index (χ1) is 9.47. The maximum atomic E-state index is 14.3. The smallest absolute Gasteiger partial charge is 0.134 e. The van der Waals surface area contributed by atoms with Crippen LogP contribution in [0, 0.1) is 19.7 Å². The van der Waals surface area contributed by atoms with E-state index >= 15 is 0 Å². The lowest BCUT2D eigenvalue weighted by Crippen LogP contribution is -2.09. The molecule has 0 aliphatic rings. The Morgan fingerprint density at radius 3 is 2.55 bits per heavy atom. The van der Waals surface area contributed by atoms with E-state index in [2.05, 4.69) is 31.1 Å². The molecule has 1 aromatic heterocycles. The Morgan fingerprint density at radius 2 is 1.95 bits per heavy atom. The van der Waals surface area contributed by atoms with Crippen molar-refractivity contribution >= 4 is 16.6 Å². The minimum atomic E-state index is -0.196. The largest absolute Gasteiger partial charge is 0.384 e. The third-order valence-corrected chi connectivity index (χ3v) is 3.65. The SMILES string of the molecule is CCCNc1c(C(C)C)c(C)nc2c(C)ccc(F)c12. The zero-order valence-electron chi connectivity index (χ0n) is 13.0. The van der Waals surface area contributed by atoms with Crippen molar-refractivity contribution < 1.29 is 4.39 Å². The predicted molar refractivity (Wildman–Crippen MR) is 84.0 cm³/mol. The highest BCUT2D eigenvalue weighted by Crippen LogP contribution is 2.36. The summed E-state index contributed by atoms with van der Waals surface area (Å²) in [7, 11) is 0. The van der Waals surface area contributed by atoms with E-state index in [-0.39, 0.29) is 5.82 Å². The number of nitrogens with zero attached hydrogens (tertiary/aromatic N) is 1. The van der Waals surface area contributed by atoms with Gasteiger partial charge in [0.15, 0.2) is 0 Å². The van der Waals surface area contributed by atoms with Crippen molar-refractivity contribution in [3.05, 3.63) is 34.8 Å². The highest BCUT2D eigenvalue weighted by molar-refractivity contribution is 5.96.